The fourth-order valence-electron chi connectivity index (χ4n) is 3.17. The molecule has 21 heavy (non-hydrogen) atoms. The number of carbonyl (C=O) groups is 1. The van der Waals surface area contributed by atoms with Crippen LogP contribution < -0.4 is 15.8 Å². The van der Waals surface area contributed by atoms with Crippen molar-refractivity contribution >= 4 is 11.6 Å². The predicted octanol–water partition coefficient (Wildman–Crippen LogP) is 3.22. The van der Waals surface area contributed by atoms with Gasteiger partial charge in [-0.1, -0.05) is 19.9 Å². The highest BCUT2D eigenvalue weighted by Crippen LogP contribution is 2.30. The number of nitrogen functional groups attached to an aromatic ring is 1. The van der Waals surface area contributed by atoms with E-state index in [9.17, 15) is 4.79 Å². The Balaban J connectivity index is 2.12. The third-order valence-electron chi connectivity index (χ3n) is 4.33. The quantitative estimate of drug-likeness (QED) is 0.837. The second-order valence-electron chi connectivity index (χ2n) is 6.13. The lowest BCUT2D eigenvalue weighted by Gasteiger charge is -2.33. The first-order chi connectivity index (χ1) is 10.0. The normalized spacial score (nSPS) is 25.4. The summed E-state index contributed by atoms with van der Waals surface area (Å²) in [5.74, 6) is 1.67. The molecule has 1 aromatic carbocycles. The predicted molar refractivity (Wildman–Crippen MR) is 85.5 cm³/mol. The van der Waals surface area contributed by atoms with E-state index < -0.39 is 0 Å². The molecule has 3 N–H and O–H groups in total. The van der Waals surface area contributed by atoms with E-state index in [0.717, 1.165) is 12.3 Å². The molecule has 0 bridgehead atoms. The van der Waals surface area contributed by atoms with Crippen molar-refractivity contribution < 1.29 is 9.53 Å². The maximum atomic E-state index is 12.5. The topological polar surface area (TPSA) is 64.3 Å². The third kappa shape index (κ3) is 3.69. The number of rotatable bonds is 4. The maximum Gasteiger partial charge on any atom is 0.255 e. The number of hydrogen-bond acceptors (Lipinski definition) is 3. The Morgan fingerprint density at radius 1 is 1.38 bits per heavy atom. The molecule has 1 aromatic rings. The molecule has 3 atom stereocenters. The van der Waals surface area contributed by atoms with E-state index in [1.807, 2.05) is 6.92 Å². The molecule has 116 valence electrons. The second kappa shape index (κ2) is 6.83. The van der Waals surface area contributed by atoms with Crippen LogP contribution in [-0.4, -0.2) is 18.6 Å². The molecule has 0 spiro atoms. The second-order valence-corrected chi connectivity index (χ2v) is 6.13. The maximum absolute atomic E-state index is 12.5. The number of carbonyl (C=O) groups excluding carboxylic acids is 1. The van der Waals surface area contributed by atoms with Crippen LogP contribution in [0.2, 0.25) is 0 Å². The minimum absolute atomic E-state index is 0.0860. The highest BCUT2D eigenvalue weighted by molar-refractivity contribution is 5.98. The molecule has 0 aromatic heterocycles. The standard InChI is InChI=1S/C17H26N2O2/c1-4-21-16-13(6-5-7-14(16)18)17(20)19-15-9-8-11(2)10-12(15)3/h5-7,11-12,15H,4,8-10,18H2,1-3H3,(H,19,20). The Bertz CT molecular complexity index is 502. The Morgan fingerprint density at radius 2 is 2.14 bits per heavy atom. The number of para-hydroxylation sites is 1. The first-order valence-corrected chi connectivity index (χ1v) is 7.85. The zero-order valence-electron chi connectivity index (χ0n) is 13.2. The molecule has 1 aliphatic rings. The molecular weight excluding hydrogens is 264 g/mol. The van der Waals surface area contributed by atoms with E-state index in [1.54, 1.807) is 18.2 Å². The van der Waals surface area contributed by atoms with Gasteiger partial charge in [-0.3, -0.25) is 4.79 Å². The molecule has 4 heteroatoms. The van der Waals surface area contributed by atoms with Crippen molar-refractivity contribution in [2.24, 2.45) is 11.8 Å². The molecule has 1 aliphatic carbocycles. The highest BCUT2D eigenvalue weighted by atomic mass is 16.5. The van der Waals surface area contributed by atoms with Crippen molar-refractivity contribution in [2.45, 2.75) is 46.1 Å². The van der Waals surface area contributed by atoms with Gasteiger partial charge in [-0.2, -0.15) is 0 Å². The van der Waals surface area contributed by atoms with Gasteiger partial charge in [0.2, 0.25) is 0 Å². The van der Waals surface area contributed by atoms with Crippen LogP contribution in [0.5, 0.6) is 5.75 Å². The molecule has 0 radical (unpaired) electrons. The molecule has 0 saturated heterocycles. The average molecular weight is 290 g/mol. The van der Waals surface area contributed by atoms with Crippen molar-refractivity contribution in [1.29, 1.82) is 0 Å². The lowest BCUT2D eigenvalue weighted by Crippen LogP contribution is -2.42. The number of nitrogens with two attached hydrogens (primary N) is 1. The van der Waals surface area contributed by atoms with Gasteiger partial charge in [0, 0.05) is 6.04 Å². The van der Waals surface area contributed by atoms with E-state index >= 15 is 0 Å². The number of anilines is 1. The van der Waals surface area contributed by atoms with Gasteiger partial charge in [0.05, 0.1) is 17.9 Å². The summed E-state index contributed by atoms with van der Waals surface area (Å²) in [4.78, 5) is 12.5. The summed E-state index contributed by atoms with van der Waals surface area (Å²) in [5.41, 5.74) is 6.96. The largest absolute Gasteiger partial charge is 0.491 e. The number of hydrogen-bond donors (Lipinski definition) is 2. The van der Waals surface area contributed by atoms with Crippen LogP contribution in [-0.2, 0) is 0 Å². The van der Waals surface area contributed by atoms with E-state index in [4.69, 9.17) is 10.5 Å². The molecule has 1 saturated carbocycles. The van der Waals surface area contributed by atoms with Crippen molar-refractivity contribution in [3.05, 3.63) is 23.8 Å². The Kier molecular flexibility index (Phi) is 5.10. The minimum atomic E-state index is -0.0860. The minimum Gasteiger partial charge on any atom is -0.491 e. The first kappa shape index (κ1) is 15.7. The molecule has 1 fully saturated rings. The van der Waals surface area contributed by atoms with E-state index in [0.29, 0.717) is 29.5 Å². The highest BCUT2D eigenvalue weighted by Gasteiger charge is 2.27. The van der Waals surface area contributed by atoms with Crippen LogP contribution in [0.4, 0.5) is 5.69 Å². The zero-order chi connectivity index (χ0) is 15.4. The van der Waals surface area contributed by atoms with Crippen molar-refractivity contribution in [3.63, 3.8) is 0 Å². The smallest absolute Gasteiger partial charge is 0.255 e. The van der Waals surface area contributed by atoms with Crippen LogP contribution in [0.25, 0.3) is 0 Å². The monoisotopic (exact) mass is 290 g/mol. The SMILES string of the molecule is CCOc1c(N)cccc1C(=O)NC1CCC(C)CC1C. The van der Waals surface area contributed by atoms with Gasteiger partial charge in [-0.25, -0.2) is 0 Å². The van der Waals surface area contributed by atoms with Gasteiger partial charge in [0.25, 0.3) is 5.91 Å². The Labute approximate surface area is 127 Å². The Morgan fingerprint density at radius 3 is 2.81 bits per heavy atom. The summed E-state index contributed by atoms with van der Waals surface area (Å²) in [6.45, 7) is 6.87. The number of ether oxygens (including phenoxy) is 1. The van der Waals surface area contributed by atoms with Gasteiger partial charge in [0.1, 0.15) is 0 Å². The van der Waals surface area contributed by atoms with Crippen LogP contribution >= 0.6 is 0 Å². The van der Waals surface area contributed by atoms with Gasteiger partial charge >= 0.3 is 0 Å². The van der Waals surface area contributed by atoms with Crippen molar-refractivity contribution in [3.8, 4) is 5.75 Å². The van der Waals surface area contributed by atoms with E-state index in [-0.39, 0.29) is 11.9 Å². The van der Waals surface area contributed by atoms with E-state index in [2.05, 4.69) is 19.2 Å². The first-order valence-electron chi connectivity index (χ1n) is 7.85. The molecule has 2 rings (SSSR count). The molecule has 4 nitrogen and oxygen atoms in total. The van der Waals surface area contributed by atoms with Crippen LogP contribution in [0, 0.1) is 11.8 Å². The number of nitrogens with one attached hydrogen (secondary N) is 1. The molecular formula is C17H26N2O2. The van der Waals surface area contributed by atoms with Gasteiger partial charge in [0.15, 0.2) is 5.75 Å². The molecule has 0 heterocycles. The summed E-state index contributed by atoms with van der Waals surface area (Å²) < 4.78 is 5.54. The van der Waals surface area contributed by atoms with Crippen LogP contribution in [0.3, 0.4) is 0 Å². The Hall–Kier alpha value is -1.71. The van der Waals surface area contributed by atoms with Crippen molar-refractivity contribution in [1.82, 2.24) is 5.32 Å². The summed E-state index contributed by atoms with van der Waals surface area (Å²) >= 11 is 0. The summed E-state index contributed by atoms with van der Waals surface area (Å²) in [6.07, 6.45) is 3.38. The van der Waals surface area contributed by atoms with Crippen LogP contribution in [0.1, 0.15) is 50.4 Å². The molecule has 3 unspecified atom stereocenters. The van der Waals surface area contributed by atoms with Gasteiger partial charge in [-0.05, 0) is 50.2 Å². The third-order valence-corrected chi connectivity index (χ3v) is 4.33. The molecule has 0 aliphatic heterocycles. The summed E-state index contributed by atoms with van der Waals surface area (Å²) in [7, 11) is 0. The summed E-state index contributed by atoms with van der Waals surface area (Å²) in [6, 6.07) is 5.56. The lowest BCUT2D eigenvalue weighted by molar-refractivity contribution is 0.0896. The van der Waals surface area contributed by atoms with Crippen molar-refractivity contribution in [2.75, 3.05) is 12.3 Å². The molecule has 1 amide bonds. The zero-order valence-corrected chi connectivity index (χ0v) is 13.2. The summed E-state index contributed by atoms with van der Waals surface area (Å²) in [5, 5.41) is 3.16. The van der Waals surface area contributed by atoms with Crippen LogP contribution in [0.15, 0.2) is 18.2 Å². The average Bonchev–Trinajstić information content (AvgIpc) is 2.44. The van der Waals surface area contributed by atoms with E-state index in [1.165, 1.54) is 12.8 Å². The fourth-order valence-corrected chi connectivity index (χ4v) is 3.17. The number of benzene rings is 1. The van der Waals surface area contributed by atoms with Gasteiger partial charge in [-0.15, -0.1) is 0 Å². The number of amides is 1. The lowest BCUT2D eigenvalue weighted by atomic mass is 9.80. The fraction of sp³-hybridized carbons (Fsp3) is 0.588. The van der Waals surface area contributed by atoms with Gasteiger partial charge < -0.3 is 15.8 Å².